The SMILES string of the molecule is CCOC(=O)c1cc2c(nc1C)-c1ccsc1CC2. The molecule has 2 aromatic rings. The molecule has 19 heavy (non-hydrogen) atoms. The molecule has 0 spiro atoms. The molecule has 3 rings (SSSR count). The standard InChI is InChI=1S/C15H15NO2S/c1-3-18-15(17)12-8-10-4-5-13-11(6-7-19-13)14(10)16-9(12)2/h6-8H,3-5H2,1-2H3. The Bertz CT molecular complexity index is 646. The molecule has 0 amide bonds. The van der Waals surface area contributed by atoms with E-state index in [1.807, 2.05) is 19.9 Å². The van der Waals surface area contributed by atoms with Crippen molar-refractivity contribution in [1.29, 1.82) is 0 Å². The third-order valence-electron chi connectivity index (χ3n) is 3.41. The van der Waals surface area contributed by atoms with Gasteiger partial charge >= 0.3 is 5.97 Å². The van der Waals surface area contributed by atoms with Crippen LogP contribution in [0.5, 0.6) is 0 Å². The molecule has 0 N–H and O–H groups in total. The first kappa shape index (κ1) is 12.4. The Hall–Kier alpha value is -1.68. The zero-order chi connectivity index (χ0) is 13.4. The number of rotatable bonds is 2. The Morgan fingerprint density at radius 1 is 1.47 bits per heavy atom. The van der Waals surface area contributed by atoms with Gasteiger partial charge in [0, 0.05) is 10.4 Å². The Morgan fingerprint density at radius 3 is 3.11 bits per heavy atom. The smallest absolute Gasteiger partial charge is 0.339 e. The molecule has 2 aromatic heterocycles. The molecule has 1 aliphatic rings. The number of nitrogens with zero attached hydrogens (tertiary/aromatic N) is 1. The van der Waals surface area contributed by atoms with Gasteiger partial charge in [-0.1, -0.05) is 0 Å². The monoisotopic (exact) mass is 273 g/mol. The number of aromatic nitrogens is 1. The molecule has 0 aliphatic heterocycles. The van der Waals surface area contributed by atoms with Crippen molar-refractivity contribution in [2.75, 3.05) is 6.61 Å². The molecule has 0 atom stereocenters. The summed E-state index contributed by atoms with van der Waals surface area (Å²) in [5.74, 6) is -0.272. The first-order valence-corrected chi connectivity index (χ1v) is 7.33. The lowest BCUT2D eigenvalue weighted by Crippen LogP contribution is -2.12. The van der Waals surface area contributed by atoms with Gasteiger partial charge in [0.25, 0.3) is 0 Å². The summed E-state index contributed by atoms with van der Waals surface area (Å²) in [6.07, 6.45) is 1.98. The van der Waals surface area contributed by atoms with Crippen LogP contribution in [0, 0.1) is 6.92 Å². The van der Waals surface area contributed by atoms with E-state index in [0.717, 1.165) is 29.8 Å². The van der Waals surface area contributed by atoms with Gasteiger partial charge in [0.05, 0.1) is 23.6 Å². The van der Waals surface area contributed by atoms with E-state index in [4.69, 9.17) is 4.74 Å². The Labute approximate surface area is 116 Å². The predicted octanol–water partition coefficient (Wildman–Crippen LogP) is 3.39. The minimum atomic E-state index is -0.272. The maximum atomic E-state index is 11.9. The summed E-state index contributed by atoms with van der Waals surface area (Å²) in [5.41, 5.74) is 4.76. The number of aryl methyl sites for hydroxylation is 3. The van der Waals surface area contributed by atoms with Crippen molar-refractivity contribution in [1.82, 2.24) is 4.98 Å². The van der Waals surface area contributed by atoms with Crippen LogP contribution < -0.4 is 0 Å². The van der Waals surface area contributed by atoms with E-state index in [2.05, 4.69) is 16.4 Å². The second-order valence-electron chi connectivity index (χ2n) is 4.61. The Morgan fingerprint density at radius 2 is 2.32 bits per heavy atom. The highest BCUT2D eigenvalue weighted by Gasteiger charge is 2.22. The highest BCUT2D eigenvalue weighted by atomic mass is 32.1. The average molecular weight is 273 g/mol. The van der Waals surface area contributed by atoms with E-state index in [9.17, 15) is 4.79 Å². The number of carbonyl (C=O) groups is 1. The summed E-state index contributed by atoms with van der Waals surface area (Å²) in [6, 6.07) is 4.07. The van der Waals surface area contributed by atoms with Gasteiger partial charge in [-0.3, -0.25) is 4.98 Å². The minimum Gasteiger partial charge on any atom is -0.462 e. The molecule has 1 aliphatic carbocycles. The molecular formula is C15H15NO2S. The maximum absolute atomic E-state index is 11.9. The Kier molecular flexibility index (Phi) is 3.11. The van der Waals surface area contributed by atoms with Crippen molar-refractivity contribution >= 4 is 17.3 Å². The molecule has 0 unspecified atom stereocenters. The number of hydrogen-bond acceptors (Lipinski definition) is 4. The largest absolute Gasteiger partial charge is 0.462 e. The van der Waals surface area contributed by atoms with E-state index in [1.54, 1.807) is 11.3 Å². The first-order chi connectivity index (χ1) is 9.20. The van der Waals surface area contributed by atoms with E-state index in [0.29, 0.717) is 12.2 Å². The second kappa shape index (κ2) is 4.78. The number of thiophene rings is 1. The summed E-state index contributed by atoms with van der Waals surface area (Å²) in [7, 11) is 0. The second-order valence-corrected chi connectivity index (χ2v) is 5.61. The lowest BCUT2D eigenvalue weighted by molar-refractivity contribution is 0.0525. The lowest BCUT2D eigenvalue weighted by atomic mass is 9.93. The van der Waals surface area contributed by atoms with Crippen LogP contribution >= 0.6 is 11.3 Å². The van der Waals surface area contributed by atoms with Crippen molar-refractivity contribution in [2.24, 2.45) is 0 Å². The summed E-state index contributed by atoms with van der Waals surface area (Å²) in [4.78, 5) is 17.9. The van der Waals surface area contributed by atoms with E-state index in [1.165, 1.54) is 10.4 Å². The molecular weight excluding hydrogens is 258 g/mol. The maximum Gasteiger partial charge on any atom is 0.339 e. The highest BCUT2D eigenvalue weighted by molar-refractivity contribution is 7.10. The predicted molar refractivity (Wildman–Crippen MR) is 75.7 cm³/mol. The van der Waals surface area contributed by atoms with Gasteiger partial charge in [-0.2, -0.15) is 0 Å². The number of pyridine rings is 1. The molecule has 0 radical (unpaired) electrons. The molecule has 0 saturated heterocycles. The number of hydrogen-bond donors (Lipinski definition) is 0. The normalized spacial score (nSPS) is 12.7. The minimum absolute atomic E-state index is 0.272. The van der Waals surface area contributed by atoms with E-state index < -0.39 is 0 Å². The van der Waals surface area contributed by atoms with Crippen molar-refractivity contribution in [3.8, 4) is 11.3 Å². The third kappa shape index (κ3) is 2.06. The molecule has 0 aromatic carbocycles. The third-order valence-corrected chi connectivity index (χ3v) is 4.39. The topological polar surface area (TPSA) is 39.2 Å². The van der Waals surface area contributed by atoms with Crippen LogP contribution in [0.1, 0.15) is 33.4 Å². The van der Waals surface area contributed by atoms with Gasteiger partial charge in [-0.25, -0.2) is 4.79 Å². The molecule has 4 heteroatoms. The van der Waals surface area contributed by atoms with Crippen LogP contribution in [0.15, 0.2) is 17.5 Å². The van der Waals surface area contributed by atoms with Crippen LogP contribution in [0.2, 0.25) is 0 Å². The van der Waals surface area contributed by atoms with E-state index >= 15 is 0 Å². The van der Waals surface area contributed by atoms with Crippen LogP contribution in [0.25, 0.3) is 11.3 Å². The molecule has 0 bridgehead atoms. The molecule has 0 fully saturated rings. The molecule has 0 saturated carbocycles. The van der Waals surface area contributed by atoms with E-state index in [-0.39, 0.29) is 5.97 Å². The molecule has 98 valence electrons. The van der Waals surface area contributed by atoms with Crippen molar-refractivity contribution in [3.05, 3.63) is 39.2 Å². The highest BCUT2D eigenvalue weighted by Crippen LogP contribution is 2.36. The van der Waals surface area contributed by atoms with Gasteiger partial charge in [-0.05, 0) is 49.8 Å². The quantitative estimate of drug-likeness (QED) is 0.787. The summed E-state index contributed by atoms with van der Waals surface area (Å²) in [6.45, 7) is 4.08. The van der Waals surface area contributed by atoms with Crippen LogP contribution in [0.4, 0.5) is 0 Å². The fraction of sp³-hybridized carbons (Fsp3) is 0.333. The van der Waals surface area contributed by atoms with Gasteiger partial charge in [0.1, 0.15) is 0 Å². The number of fused-ring (bicyclic) bond motifs is 3. The van der Waals surface area contributed by atoms with Gasteiger partial charge < -0.3 is 4.74 Å². The van der Waals surface area contributed by atoms with Crippen LogP contribution in [-0.2, 0) is 17.6 Å². The van der Waals surface area contributed by atoms with Gasteiger partial charge in [-0.15, -0.1) is 11.3 Å². The lowest BCUT2D eigenvalue weighted by Gasteiger charge is -2.17. The number of esters is 1. The fourth-order valence-electron chi connectivity index (χ4n) is 2.48. The van der Waals surface area contributed by atoms with Crippen molar-refractivity contribution < 1.29 is 9.53 Å². The molecule has 2 heterocycles. The van der Waals surface area contributed by atoms with Gasteiger partial charge in [0.15, 0.2) is 0 Å². The summed E-state index contributed by atoms with van der Waals surface area (Å²) >= 11 is 1.78. The number of carbonyl (C=O) groups excluding carboxylic acids is 1. The summed E-state index contributed by atoms with van der Waals surface area (Å²) < 4.78 is 5.08. The fourth-order valence-corrected chi connectivity index (χ4v) is 3.36. The van der Waals surface area contributed by atoms with Gasteiger partial charge in [0.2, 0.25) is 0 Å². The average Bonchev–Trinajstić information content (AvgIpc) is 2.87. The molecule has 3 nitrogen and oxygen atoms in total. The van der Waals surface area contributed by atoms with Crippen molar-refractivity contribution in [3.63, 3.8) is 0 Å². The number of ether oxygens (including phenoxy) is 1. The first-order valence-electron chi connectivity index (χ1n) is 6.45. The zero-order valence-corrected chi connectivity index (χ0v) is 11.8. The van der Waals surface area contributed by atoms with Crippen molar-refractivity contribution in [2.45, 2.75) is 26.7 Å². The van der Waals surface area contributed by atoms with Crippen LogP contribution in [-0.4, -0.2) is 17.6 Å². The summed E-state index contributed by atoms with van der Waals surface area (Å²) in [5, 5.41) is 2.11. The van der Waals surface area contributed by atoms with Crippen LogP contribution in [0.3, 0.4) is 0 Å². The zero-order valence-electron chi connectivity index (χ0n) is 11.0. The Balaban J connectivity index is 2.09.